The Bertz CT molecular complexity index is 754. The Morgan fingerprint density at radius 1 is 1.28 bits per heavy atom. The maximum atomic E-state index is 13.2. The Morgan fingerprint density at radius 3 is 2.56 bits per heavy atom. The molecular formula is C17H19FN4O3. The second-order valence-electron chi connectivity index (χ2n) is 6.25. The first kappa shape index (κ1) is 17.1. The number of hydrogen-bond acceptors (Lipinski definition) is 4. The number of benzene rings is 1. The number of nitrogens with zero attached hydrogens (tertiary/aromatic N) is 3. The molecule has 0 spiro atoms. The molecule has 1 atom stereocenters. The van der Waals surface area contributed by atoms with Crippen LogP contribution in [-0.2, 0) is 11.3 Å². The van der Waals surface area contributed by atoms with Crippen molar-refractivity contribution in [1.29, 1.82) is 0 Å². The van der Waals surface area contributed by atoms with Gasteiger partial charge >= 0.3 is 5.97 Å². The fraction of sp³-hybridized carbons (Fsp3) is 0.412. The number of carboxylic acid groups (broad SMARTS) is 1. The first-order valence-electron chi connectivity index (χ1n) is 8.21. The van der Waals surface area contributed by atoms with Crippen molar-refractivity contribution in [2.45, 2.75) is 38.3 Å². The Kier molecular flexibility index (Phi) is 5.06. The smallest absolute Gasteiger partial charge is 0.358 e. The van der Waals surface area contributed by atoms with E-state index in [0.717, 1.165) is 31.2 Å². The van der Waals surface area contributed by atoms with Crippen molar-refractivity contribution in [3.8, 4) is 0 Å². The molecule has 8 heteroatoms. The molecule has 0 aliphatic heterocycles. The molecule has 132 valence electrons. The number of aromatic carboxylic acids is 1. The van der Waals surface area contributed by atoms with Crippen LogP contribution in [0.1, 0.15) is 47.8 Å². The number of nitrogens with one attached hydrogen (secondary N) is 1. The van der Waals surface area contributed by atoms with Gasteiger partial charge in [-0.3, -0.25) is 4.79 Å². The van der Waals surface area contributed by atoms with E-state index in [4.69, 9.17) is 5.11 Å². The first-order valence-corrected chi connectivity index (χ1v) is 8.21. The number of aromatic nitrogens is 3. The predicted molar refractivity (Wildman–Crippen MR) is 86.2 cm³/mol. The van der Waals surface area contributed by atoms with Crippen molar-refractivity contribution in [3.63, 3.8) is 0 Å². The highest BCUT2D eigenvalue weighted by Gasteiger charge is 2.28. The van der Waals surface area contributed by atoms with Crippen LogP contribution in [0.3, 0.4) is 0 Å². The highest BCUT2D eigenvalue weighted by Crippen LogP contribution is 2.35. The maximum Gasteiger partial charge on any atom is 0.358 e. The summed E-state index contributed by atoms with van der Waals surface area (Å²) in [7, 11) is 0. The topological polar surface area (TPSA) is 97.1 Å². The third kappa shape index (κ3) is 4.20. The average molecular weight is 346 g/mol. The van der Waals surface area contributed by atoms with Gasteiger partial charge in [0, 0.05) is 0 Å². The highest BCUT2D eigenvalue weighted by molar-refractivity contribution is 5.84. The number of carbonyl (C=O) groups excluding carboxylic acids is 1. The number of rotatable bonds is 6. The van der Waals surface area contributed by atoms with E-state index in [1.165, 1.54) is 23.0 Å². The molecule has 7 nitrogen and oxygen atoms in total. The van der Waals surface area contributed by atoms with Gasteiger partial charge in [-0.2, -0.15) is 0 Å². The van der Waals surface area contributed by atoms with Gasteiger partial charge in [0.1, 0.15) is 12.4 Å². The van der Waals surface area contributed by atoms with Gasteiger partial charge in [-0.25, -0.2) is 13.9 Å². The van der Waals surface area contributed by atoms with Gasteiger partial charge in [-0.1, -0.05) is 30.2 Å². The van der Waals surface area contributed by atoms with Crippen LogP contribution < -0.4 is 5.32 Å². The monoisotopic (exact) mass is 346 g/mol. The number of amides is 1. The van der Waals surface area contributed by atoms with Gasteiger partial charge in [-0.05, 0) is 36.5 Å². The molecular weight excluding hydrogens is 327 g/mol. The summed E-state index contributed by atoms with van der Waals surface area (Å²) in [6.07, 6.45) is 5.46. The lowest BCUT2D eigenvalue weighted by Gasteiger charge is -2.25. The molecule has 0 bridgehead atoms. The normalized spacial score (nSPS) is 15.9. The highest BCUT2D eigenvalue weighted by atomic mass is 19.1. The quantitative estimate of drug-likeness (QED) is 0.835. The minimum atomic E-state index is -1.19. The van der Waals surface area contributed by atoms with Gasteiger partial charge in [0.25, 0.3) is 0 Å². The average Bonchev–Trinajstić information content (AvgIpc) is 3.25. The van der Waals surface area contributed by atoms with E-state index < -0.39 is 5.97 Å². The maximum absolute atomic E-state index is 13.2. The molecule has 1 aromatic carbocycles. The van der Waals surface area contributed by atoms with Crippen LogP contribution in [0.2, 0.25) is 0 Å². The molecule has 1 heterocycles. The largest absolute Gasteiger partial charge is 0.476 e. The van der Waals surface area contributed by atoms with E-state index in [1.807, 2.05) is 0 Å². The fourth-order valence-corrected chi connectivity index (χ4v) is 3.27. The van der Waals surface area contributed by atoms with Gasteiger partial charge in [0.05, 0.1) is 12.2 Å². The van der Waals surface area contributed by atoms with E-state index >= 15 is 0 Å². The first-order chi connectivity index (χ1) is 12.0. The van der Waals surface area contributed by atoms with Crippen molar-refractivity contribution >= 4 is 11.9 Å². The van der Waals surface area contributed by atoms with Crippen LogP contribution in [0.25, 0.3) is 0 Å². The molecule has 3 rings (SSSR count). The Morgan fingerprint density at radius 2 is 1.96 bits per heavy atom. The molecule has 1 aliphatic carbocycles. The third-order valence-corrected chi connectivity index (χ3v) is 4.48. The summed E-state index contributed by atoms with van der Waals surface area (Å²) in [6.45, 7) is -0.120. The third-order valence-electron chi connectivity index (χ3n) is 4.48. The van der Waals surface area contributed by atoms with Crippen molar-refractivity contribution in [1.82, 2.24) is 20.3 Å². The van der Waals surface area contributed by atoms with Crippen LogP contribution in [0.15, 0.2) is 30.5 Å². The van der Waals surface area contributed by atoms with Crippen LogP contribution in [0.4, 0.5) is 4.39 Å². The van der Waals surface area contributed by atoms with E-state index in [9.17, 15) is 14.0 Å². The molecule has 1 amide bonds. The van der Waals surface area contributed by atoms with Gasteiger partial charge in [0.15, 0.2) is 5.69 Å². The zero-order valence-corrected chi connectivity index (χ0v) is 13.6. The molecule has 1 saturated carbocycles. The summed E-state index contributed by atoms with van der Waals surface area (Å²) in [5.74, 6) is -1.49. The molecule has 0 saturated heterocycles. The predicted octanol–water partition coefficient (Wildman–Crippen LogP) is 2.16. The SMILES string of the molecule is O=C(Cn1cc(C(=O)O)nn1)NC(c1ccc(F)cc1)C1CCCC1. The van der Waals surface area contributed by atoms with E-state index in [-0.39, 0.29) is 30.0 Å². The standard InChI is InChI=1S/C17H19FN4O3/c18-13-7-5-12(6-8-13)16(11-3-1-2-4-11)19-15(23)10-22-9-14(17(24)25)20-21-22/h5-9,11,16H,1-4,10H2,(H,19,23)(H,24,25). The summed E-state index contributed by atoms with van der Waals surface area (Å²) >= 11 is 0. The lowest BCUT2D eigenvalue weighted by atomic mass is 9.91. The number of halogens is 1. The van der Waals surface area contributed by atoms with Crippen LogP contribution in [0.5, 0.6) is 0 Å². The van der Waals surface area contributed by atoms with E-state index in [1.54, 1.807) is 12.1 Å². The van der Waals surface area contributed by atoms with Crippen molar-refractivity contribution < 1.29 is 19.1 Å². The second-order valence-corrected chi connectivity index (χ2v) is 6.25. The van der Waals surface area contributed by atoms with Crippen molar-refractivity contribution in [3.05, 3.63) is 47.5 Å². The zero-order valence-electron chi connectivity index (χ0n) is 13.6. The van der Waals surface area contributed by atoms with Gasteiger partial charge in [0.2, 0.25) is 5.91 Å². The van der Waals surface area contributed by atoms with E-state index in [2.05, 4.69) is 15.6 Å². The van der Waals surface area contributed by atoms with Crippen molar-refractivity contribution in [2.24, 2.45) is 5.92 Å². The van der Waals surface area contributed by atoms with Gasteiger partial charge in [-0.15, -0.1) is 5.10 Å². The summed E-state index contributed by atoms with van der Waals surface area (Å²) < 4.78 is 14.4. The van der Waals surface area contributed by atoms with Crippen LogP contribution in [0, 0.1) is 11.7 Å². The molecule has 1 aliphatic rings. The van der Waals surface area contributed by atoms with Gasteiger partial charge < -0.3 is 10.4 Å². The van der Waals surface area contributed by atoms with Crippen LogP contribution >= 0.6 is 0 Å². The molecule has 1 fully saturated rings. The molecule has 2 aromatic rings. The number of carbonyl (C=O) groups is 2. The summed E-state index contributed by atoms with van der Waals surface area (Å²) in [4.78, 5) is 23.2. The Labute approximate surface area is 143 Å². The van der Waals surface area contributed by atoms with Crippen molar-refractivity contribution in [2.75, 3.05) is 0 Å². The molecule has 1 unspecified atom stereocenters. The lowest BCUT2D eigenvalue weighted by molar-refractivity contribution is -0.123. The minimum Gasteiger partial charge on any atom is -0.476 e. The molecule has 2 N–H and O–H groups in total. The molecule has 25 heavy (non-hydrogen) atoms. The molecule has 1 aromatic heterocycles. The zero-order chi connectivity index (χ0) is 17.8. The second kappa shape index (κ2) is 7.42. The number of hydrogen-bond donors (Lipinski definition) is 2. The summed E-state index contributed by atoms with van der Waals surface area (Å²) in [5.41, 5.74) is 0.658. The fourth-order valence-electron chi connectivity index (χ4n) is 3.27. The number of carboxylic acids is 1. The minimum absolute atomic E-state index is 0.120. The Balaban J connectivity index is 1.71. The Hall–Kier alpha value is -2.77. The summed E-state index contributed by atoms with van der Waals surface area (Å²) in [5, 5.41) is 19.0. The summed E-state index contributed by atoms with van der Waals surface area (Å²) in [6, 6.07) is 5.96. The van der Waals surface area contributed by atoms with E-state index in [0.29, 0.717) is 5.92 Å². The molecule has 0 radical (unpaired) electrons. The van der Waals surface area contributed by atoms with Crippen LogP contribution in [-0.4, -0.2) is 32.0 Å². The lowest BCUT2D eigenvalue weighted by Crippen LogP contribution is -2.35.